The Bertz CT molecular complexity index is 541. The Morgan fingerprint density at radius 2 is 2.12 bits per heavy atom. The van der Waals surface area contributed by atoms with E-state index in [1.54, 1.807) is 0 Å². The molecule has 1 aliphatic rings. The van der Waals surface area contributed by atoms with E-state index in [4.69, 9.17) is 23.2 Å². The second-order valence-electron chi connectivity index (χ2n) is 4.58. The van der Waals surface area contributed by atoms with E-state index in [2.05, 4.69) is 9.71 Å². The van der Waals surface area contributed by atoms with Gasteiger partial charge in [0.05, 0.1) is 5.02 Å². The zero-order valence-electron chi connectivity index (χ0n) is 9.20. The highest BCUT2D eigenvalue weighted by Gasteiger charge is 2.38. The van der Waals surface area contributed by atoms with Gasteiger partial charge in [-0.1, -0.05) is 30.1 Å². The molecule has 17 heavy (non-hydrogen) atoms. The van der Waals surface area contributed by atoms with Gasteiger partial charge in [-0.2, -0.15) is 0 Å². The molecule has 0 atom stereocenters. The summed E-state index contributed by atoms with van der Waals surface area (Å²) in [5.74, 6) is 0. The first-order valence-corrected chi connectivity index (χ1v) is 7.37. The Kier molecular flexibility index (Phi) is 3.38. The van der Waals surface area contributed by atoms with E-state index >= 15 is 0 Å². The SMILES string of the molecule is CC1(CNS(=O)(=O)c2cnc(Cl)c(Cl)c2)CC1. The summed E-state index contributed by atoms with van der Waals surface area (Å²) in [5.41, 5.74) is 0.108. The third-order valence-corrected chi connectivity index (χ3v) is 4.93. The van der Waals surface area contributed by atoms with Gasteiger partial charge < -0.3 is 0 Å². The number of rotatable bonds is 4. The lowest BCUT2D eigenvalue weighted by atomic mass is 10.2. The molecule has 1 heterocycles. The molecule has 1 aromatic heterocycles. The van der Waals surface area contributed by atoms with Gasteiger partial charge >= 0.3 is 0 Å². The fraction of sp³-hybridized carbons (Fsp3) is 0.500. The monoisotopic (exact) mass is 294 g/mol. The van der Waals surface area contributed by atoms with Crippen molar-refractivity contribution in [2.45, 2.75) is 24.7 Å². The molecule has 1 aliphatic carbocycles. The minimum absolute atomic E-state index is 0.0381. The number of sulfonamides is 1. The van der Waals surface area contributed by atoms with E-state index < -0.39 is 10.0 Å². The standard InChI is InChI=1S/C10H12Cl2N2O2S/c1-10(2-3-10)6-14-17(15,16)7-4-8(11)9(12)13-5-7/h4-5,14H,2-3,6H2,1H3. The second kappa shape index (κ2) is 4.39. The summed E-state index contributed by atoms with van der Waals surface area (Å²) in [5, 5.41) is 0.229. The van der Waals surface area contributed by atoms with E-state index in [1.807, 2.05) is 6.92 Å². The normalized spacial score (nSPS) is 18.1. The maximum absolute atomic E-state index is 11.9. The predicted molar refractivity (Wildman–Crippen MR) is 66.8 cm³/mol. The van der Waals surface area contributed by atoms with E-state index in [-0.39, 0.29) is 20.5 Å². The van der Waals surface area contributed by atoms with E-state index in [0.717, 1.165) is 12.8 Å². The number of nitrogens with one attached hydrogen (secondary N) is 1. The van der Waals surface area contributed by atoms with Crippen molar-refractivity contribution in [3.63, 3.8) is 0 Å². The zero-order valence-corrected chi connectivity index (χ0v) is 11.5. The van der Waals surface area contributed by atoms with Crippen molar-refractivity contribution in [1.82, 2.24) is 9.71 Å². The van der Waals surface area contributed by atoms with Crippen LogP contribution in [0.4, 0.5) is 0 Å². The number of aromatic nitrogens is 1. The lowest BCUT2D eigenvalue weighted by Crippen LogP contribution is -2.29. The molecule has 94 valence electrons. The minimum Gasteiger partial charge on any atom is -0.242 e. The first-order valence-electron chi connectivity index (χ1n) is 5.13. The summed E-state index contributed by atoms with van der Waals surface area (Å²) < 4.78 is 26.4. The van der Waals surface area contributed by atoms with Gasteiger partial charge in [0.1, 0.15) is 10.0 Å². The van der Waals surface area contributed by atoms with Crippen molar-refractivity contribution in [3.05, 3.63) is 22.4 Å². The number of hydrogen-bond donors (Lipinski definition) is 1. The fourth-order valence-electron chi connectivity index (χ4n) is 1.29. The van der Waals surface area contributed by atoms with Gasteiger partial charge in [-0.3, -0.25) is 0 Å². The molecule has 2 rings (SSSR count). The average molecular weight is 295 g/mol. The lowest BCUT2D eigenvalue weighted by Gasteiger charge is -2.10. The van der Waals surface area contributed by atoms with Crippen molar-refractivity contribution >= 4 is 33.2 Å². The van der Waals surface area contributed by atoms with Crippen LogP contribution in [0, 0.1) is 5.41 Å². The van der Waals surface area contributed by atoms with Gasteiger partial charge in [0, 0.05) is 12.7 Å². The summed E-state index contributed by atoms with van der Waals surface area (Å²) in [6, 6.07) is 1.30. The Balaban J connectivity index is 2.16. The Hall–Kier alpha value is -0.360. The lowest BCUT2D eigenvalue weighted by molar-refractivity contribution is 0.530. The molecule has 0 amide bonds. The van der Waals surface area contributed by atoms with Crippen LogP contribution in [-0.2, 0) is 10.0 Å². The van der Waals surface area contributed by atoms with Crippen molar-refractivity contribution in [2.75, 3.05) is 6.54 Å². The smallest absolute Gasteiger partial charge is 0.242 e. The summed E-state index contributed by atoms with van der Waals surface area (Å²) in [6.07, 6.45) is 3.30. The van der Waals surface area contributed by atoms with Crippen LogP contribution in [-0.4, -0.2) is 19.9 Å². The zero-order chi connectivity index (χ0) is 12.7. The largest absolute Gasteiger partial charge is 0.242 e. The molecule has 1 saturated carbocycles. The fourth-order valence-corrected chi connectivity index (χ4v) is 2.80. The maximum Gasteiger partial charge on any atom is 0.242 e. The topological polar surface area (TPSA) is 59.1 Å². The Morgan fingerprint density at radius 3 is 2.65 bits per heavy atom. The van der Waals surface area contributed by atoms with E-state index in [0.29, 0.717) is 6.54 Å². The molecule has 0 aliphatic heterocycles. The summed E-state index contributed by atoms with van der Waals surface area (Å²) in [7, 11) is -3.55. The molecule has 1 N–H and O–H groups in total. The van der Waals surface area contributed by atoms with Crippen LogP contribution in [0.1, 0.15) is 19.8 Å². The molecule has 0 bridgehead atoms. The summed E-state index contributed by atoms with van der Waals surface area (Å²) >= 11 is 11.4. The van der Waals surface area contributed by atoms with Crippen molar-refractivity contribution in [1.29, 1.82) is 0 Å². The molecular formula is C10H12Cl2N2O2S. The van der Waals surface area contributed by atoms with Crippen molar-refractivity contribution in [2.24, 2.45) is 5.41 Å². The molecule has 4 nitrogen and oxygen atoms in total. The molecule has 0 unspecified atom stereocenters. The van der Waals surface area contributed by atoms with Gasteiger partial charge in [0.15, 0.2) is 0 Å². The molecule has 0 radical (unpaired) electrons. The molecule has 0 saturated heterocycles. The van der Waals surface area contributed by atoms with Gasteiger partial charge in [-0.05, 0) is 24.3 Å². The first kappa shape index (κ1) is 13.1. The second-order valence-corrected chi connectivity index (χ2v) is 7.11. The molecule has 0 spiro atoms. The van der Waals surface area contributed by atoms with Crippen LogP contribution in [0.15, 0.2) is 17.2 Å². The number of hydrogen-bond acceptors (Lipinski definition) is 3. The van der Waals surface area contributed by atoms with Gasteiger partial charge in [-0.25, -0.2) is 18.1 Å². The van der Waals surface area contributed by atoms with Crippen LogP contribution in [0.3, 0.4) is 0 Å². The van der Waals surface area contributed by atoms with E-state index in [9.17, 15) is 8.42 Å². The van der Waals surface area contributed by atoms with Gasteiger partial charge in [-0.15, -0.1) is 0 Å². The molecular weight excluding hydrogens is 283 g/mol. The van der Waals surface area contributed by atoms with Crippen molar-refractivity contribution < 1.29 is 8.42 Å². The van der Waals surface area contributed by atoms with Gasteiger partial charge in [0.2, 0.25) is 10.0 Å². The summed E-state index contributed by atoms with van der Waals surface area (Å²) in [6.45, 7) is 2.48. The third kappa shape index (κ3) is 3.10. The molecule has 7 heteroatoms. The molecule has 1 fully saturated rings. The van der Waals surface area contributed by atoms with Crippen LogP contribution in [0.25, 0.3) is 0 Å². The third-order valence-electron chi connectivity index (χ3n) is 2.87. The Morgan fingerprint density at radius 1 is 1.47 bits per heavy atom. The highest BCUT2D eigenvalue weighted by molar-refractivity contribution is 7.89. The van der Waals surface area contributed by atoms with Crippen LogP contribution in [0.2, 0.25) is 10.2 Å². The van der Waals surface area contributed by atoms with E-state index in [1.165, 1.54) is 12.3 Å². The van der Waals surface area contributed by atoms with Gasteiger partial charge in [0.25, 0.3) is 0 Å². The quantitative estimate of drug-likeness (QED) is 0.868. The number of halogens is 2. The highest BCUT2D eigenvalue weighted by Crippen LogP contribution is 2.44. The summed E-state index contributed by atoms with van der Waals surface area (Å²) in [4.78, 5) is 3.76. The van der Waals surface area contributed by atoms with Crippen LogP contribution in [0.5, 0.6) is 0 Å². The predicted octanol–water partition coefficient (Wildman–Crippen LogP) is 2.47. The minimum atomic E-state index is -3.55. The van der Waals surface area contributed by atoms with Crippen molar-refractivity contribution in [3.8, 4) is 0 Å². The van der Waals surface area contributed by atoms with Crippen LogP contribution >= 0.6 is 23.2 Å². The average Bonchev–Trinajstić information content (AvgIpc) is 2.99. The van der Waals surface area contributed by atoms with Crippen LogP contribution < -0.4 is 4.72 Å². The maximum atomic E-state index is 11.9. The molecule has 0 aromatic carbocycles. The Labute approximate surface area is 110 Å². The first-order chi connectivity index (χ1) is 7.82. The number of pyridine rings is 1. The molecule has 1 aromatic rings. The highest BCUT2D eigenvalue weighted by atomic mass is 35.5. The number of nitrogens with zero attached hydrogens (tertiary/aromatic N) is 1.